The minimum Gasteiger partial charge on any atom is -0.480 e. The van der Waals surface area contributed by atoms with Crippen molar-refractivity contribution in [1.29, 1.82) is 0 Å². The van der Waals surface area contributed by atoms with Gasteiger partial charge >= 0.3 is 11.9 Å². The van der Waals surface area contributed by atoms with Gasteiger partial charge in [0.2, 0.25) is 0 Å². The van der Waals surface area contributed by atoms with Gasteiger partial charge in [0.1, 0.15) is 18.7 Å². The van der Waals surface area contributed by atoms with E-state index >= 15 is 0 Å². The Balaban J connectivity index is 1.36. The van der Waals surface area contributed by atoms with Gasteiger partial charge in [0, 0.05) is 12.8 Å². The summed E-state index contributed by atoms with van der Waals surface area (Å²) >= 11 is 0. The Labute approximate surface area is 231 Å². The number of benzene rings is 2. The molecule has 2 amide bonds. The van der Waals surface area contributed by atoms with Gasteiger partial charge in [-0.05, 0) is 17.7 Å². The van der Waals surface area contributed by atoms with Crippen molar-refractivity contribution in [2.24, 2.45) is 0 Å². The van der Waals surface area contributed by atoms with Crippen LogP contribution in [0.5, 0.6) is 11.5 Å². The Kier molecular flexibility index (Phi) is 8.69. The second-order valence-corrected chi connectivity index (χ2v) is 9.65. The lowest BCUT2D eigenvalue weighted by Gasteiger charge is -2.23. The van der Waals surface area contributed by atoms with Crippen LogP contribution in [-0.4, -0.2) is 88.9 Å². The van der Waals surface area contributed by atoms with E-state index < -0.39 is 86.8 Å². The minimum atomic E-state index is -3.36. The molecule has 4 rings (SSSR count). The molecule has 10 nitrogen and oxygen atoms in total. The number of amides is 2. The maximum atomic E-state index is 14.2. The highest BCUT2D eigenvalue weighted by atomic mass is 19.3. The number of alkyl halides is 4. The molecule has 2 atom stereocenters. The molecule has 2 aromatic carbocycles. The number of carbonyl (C=O) groups excluding carboxylic acids is 3. The van der Waals surface area contributed by atoms with Crippen LogP contribution >= 0.6 is 0 Å². The van der Waals surface area contributed by atoms with Gasteiger partial charge < -0.3 is 29.1 Å². The predicted molar refractivity (Wildman–Crippen MR) is 131 cm³/mol. The van der Waals surface area contributed by atoms with Crippen LogP contribution in [0.25, 0.3) is 0 Å². The topological polar surface area (TPSA) is 123 Å². The number of likely N-dealkylation sites (tertiary alicyclic amines) is 2. The smallest absolute Gasteiger partial charge is 0.329 e. The molecule has 220 valence electrons. The van der Waals surface area contributed by atoms with Crippen molar-refractivity contribution >= 4 is 23.8 Å². The summed E-state index contributed by atoms with van der Waals surface area (Å²) in [5.41, 5.74) is 0.638. The Bertz CT molecular complexity index is 1290. The number of ether oxygens (including phenoxy) is 3. The largest absolute Gasteiger partial charge is 0.480 e. The average Bonchev–Trinajstić information content (AvgIpc) is 3.45. The van der Waals surface area contributed by atoms with E-state index in [4.69, 9.17) is 14.2 Å². The number of carbonyl (C=O) groups is 4. The van der Waals surface area contributed by atoms with E-state index in [1.54, 1.807) is 30.3 Å². The van der Waals surface area contributed by atoms with E-state index in [2.05, 4.69) is 0 Å². The van der Waals surface area contributed by atoms with Gasteiger partial charge in [-0.3, -0.25) is 9.59 Å². The monoisotopic (exact) mass is 582 g/mol. The Morgan fingerprint density at radius 2 is 1.22 bits per heavy atom. The van der Waals surface area contributed by atoms with Gasteiger partial charge in [-0.1, -0.05) is 42.5 Å². The Morgan fingerprint density at radius 1 is 0.756 bits per heavy atom. The number of para-hydroxylation sites is 2. The zero-order valence-electron chi connectivity index (χ0n) is 21.5. The van der Waals surface area contributed by atoms with Crippen molar-refractivity contribution in [3.8, 4) is 11.5 Å². The number of hydrogen-bond donors (Lipinski definition) is 1. The third-order valence-electron chi connectivity index (χ3n) is 6.51. The molecule has 2 aromatic rings. The highest BCUT2D eigenvalue weighted by Crippen LogP contribution is 2.34. The molecule has 2 saturated heterocycles. The summed E-state index contributed by atoms with van der Waals surface area (Å²) in [6.07, 6.45) is -1.94. The minimum absolute atomic E-state index is 0.0793. The summed E-state index contributed by atoms with van der Waals surface area (Å²) in [5.74, 6) is -11.4. The number of hydrogen-bond acceptors (Lipinski definition) is 7. The third kappa shape index (κ3) is 7.44. The molecule has 14 heteroatoms. The number of halogens is 4. The van der Waals surface area contributed by atoms with Crippen molar-refractivity contribution in [1.82, 2.24) is 9.80 Å². The standard InChI is InChI=1S/C27H26F4N2O8/c28-26(29)10-18(24(36)37)32(15-26)22(34)13-39-20-8-4-5-9-21(20)40-14-23(35)33-16-27(30,31)11-19(33)25(38)41-12-17-6-2-1-3-7-17/h1-9,18-19H,10-16H2,(H,36,37)/t18-,19-/m1/s1. The van der Waals surface area contributed by atoms with Crippen LogP contribution in [0.4, 0.5) is 17.6 Å². The zero-order chi connectivity index (χ0) is 29.8. The van der Waals surface area contributed by atoms with Crippen LogP contribution in [0.1, 0.15) is 18.4 Å². The Morgan fingerprint density at radius 3 is 1.73 bits per heavy atom. The molecule has 2 heterocycles. The zero-order valence-corrected chi connectivity index (χ0v) is 21.5. The number of rotatable bonds is 10. The SMILES string of the molecule is O=C(O)[C@H]1CC(F)(F)CN1C(=O)COc1ccccc1OCC(=O)N1CC(F)(F)C[C@@H]1C(=O)OCc1ccccc1. The average molecular weight is 583 g/mol. The van der Waals surface area contributed by atoms with Crippen LogP contribution in [0.3, 0.4) is 0 Å². The molecule has 0 spiro atoms. The maximum Gasteiger partial charge on any atom is 0.329 e. The number of carboxylic acids is 1. The van der Waals surface area contributed by atoms with Gasteiger partial charge in [0.15, 0.2) is 24.7 Å². The van der Waals surface area contributed by atoms with Crippen LogP contribution in [-0.2, 0) is 30.5 Å². The lowest BCUT2D eigenvalue weighted by molar-refractivity contribution is -0.155. The fraction of sp³-hybridized carbons (Fsp3) is 0.407. The summed E-state index contributed by atoms with van der Waals surface area (Å²) < 4.78 is 71.8. The summed E-state index contributed by atoms with van der Waals surface area (Å²) in [7, 11) is 0. The molecule has 2 aliphatic heterocycles. The predicted octanol–water partition coefficient (Wildman–Crippen LogP) is 2.74. The summed E-state index contributed by atoms with van der Waals surface area (Å²) in [4.78, 5) is 50.4. The molecule has 0 saturated carbocycles. The summed E-state index contributed by atoms with van der Waals surface area (Å²) in [5, 5.41) is 9.17. The van der Waals surface area contributed by atoms with Gasteiger partial charge in [0.25, 0.3) is 23.7 Å². The number of carboxylic acid groups (broad SMARTS) is 1. The molecule has 2 fully saturated rings. The molecule has 0 radical (unpaired) electrons. The van der Waals surface area contributed by atoms with E-state index in [0.29, 0.717) is 15.4 Å². The maximum absolute atomic E-state index is 14.2. The molecule has 0 aromatic heterocycles. The molecule has 0 aliphatic carbocycles. The van der Waals surface area contributed by atoms with Gasteiger partial charge in [-0.2, -0.15) is 0 Å². The van der Waals surface area contributed by atoms with E-state index in [0.717, 1.165) is 0 Å². The molecule has 41 heavy (non-hydrogen) atoms. The first-order valence-electron chi connectivity index (χ1n) is 12.5. The summed E-state index contributed by atoms with van der Waals surface area (Å²) in [6, 6.07) is 11.0. The van der Waals surface area contributed by atoms with Crippen molar-refractivity contribution in [3.63, 3.8) is 0 Å². The molecule has 0 bridgehead atoms. The van der Waals surface area contributed by atoms with Gasteiger partial charge in [-0.15, -0.1) is 0 Å². The molecule has 1 N–H and O–H groups in total. The van der Waals surface area contributed by atoms with Gasteiger partial charge in [-0.25, -0.2) is 27.2 Å². The number of nitrogens with zero attached hydrogens (tertiary/aromatic N) is 2. The first-order valence-corrected chi connectivity index (χ1v) is 12.5. The molecular weight excluding hydrogens is 556 g/mol. The second-order valence-electron chi connectivity index (χ2n) is 9.65. The van der Waals surface area contributed by atoms with Gasteiger partial charge in [0.05, 0.1) is 13.1 Å². The lowest BCUT2D eigenvalue weighted by Crippen LogP contribution is -2.44. The highest BCUT2D eigenvalue weighted by Gasteiger charge is 2.51. The fourth-order valence-electron chi connectivity index (χ4n) is 4.55. The lowest BCUT2D eigenvalue weighted by atomic mass is 10.2. The highest BCUT2D eigenvalue weighted by molar-refractivity contribution is 5.87. The molecule has 2 aliphatic rings. The third-order valence-corrected chi connectivity index (χ3v) is 6.51. The van der Waals surface area contributed by atoms with Crippen molar-refractivity contribution < 1.29 is 56.1 Å². The number of esters is 1. The van der Waals surface area contributed by atoms with Crippen LogP contribution in [0.15, 0.2) is 54.6 Å². The van der Waals surface area contributed by atoms with E-state index in [9.17, 15) is 41.8 Å². The quantitative estimate of drug-likeness (QED) is 0.335. The van der Waals surface area contributed by atoms with Crippen molar-refractivity contribution in [3.05, 3.63) is 60.2 Å². The van der Waals surface area contributed by atoms with E-state index in [1.165, 1.54) is 24.3 Å². The van der Waals surface area contributed by atoms with E-state index in [1.807, 2.05) is 0 Å². The molecular formula is C27H26F4N2O8. The van der Waals surface area contributed by atoms with Crippen molar-refractivity contribution in [2.75, 3.05) is 26.3 Å². The normalized spacial score (nSPS) is 20.9. The second kappa shape index (κ2) is 12.0. The first kappa shape index (κ1) is 29.6. The summed E-state index contributed by atoms with van der Waals surface area (Å²) in [6.45, 7) is -3.83. The fourth-order valence-corrected chi connectivity index (χ4v) is 4.55. The molecule has 0 unspecified atom stereocenters. The Hall–Kier alpha value is -4.36. The number of aliphatic carboxylic acids is 1. The van der Waals surface area contributed by atoms with Crippen LogP contribution in [0, 0.1) is 0 Å². The van der Waals surface area contributed by atoms with E-state index in [-0.39, 0.29) is 18.1 Å². The van der Waals surface area contributed by atoms with Crippen LogP contribution < -0.4 is 9.47 Å². The van der Waals surface area contributed by atoms with Crippen molar-refractivity contribution in [2.45, 2.75) is 43.4 Å². The van der Waals surface area contributed by atoms with Crippen LogP contribution in [0.2, 0.25) is 0 Å². The first-order chi connectivity index (χ1) is 19.3.